The van der Waals surface area contributed by atoms with Gasteiger partial charge in [0.25, 0.3) is 0 Å². The van der Waals surface area contributed by atoms with Crippen molar-refractivity contribution in [1.82, 2.24) is 4.90 Å². The zero-order chi connectivity index (χ0) is 16.2. The topological polar surface area (TPSA) is 40.5 Å². The number of benzene rings is 1. The summed E-state index contributed by atoms with van der Waals surface area (Å²) >= 11 is 0. The second kappa shape index (κ2) is 7.13. The Hall–Kier alpha value is -1.56. The summed E-state index contributed by atoms with van der Waals surface area (Å²) < 4.78 is 39.7. The smallest absolute Gasteiger partial charge is 0.396 e. The number of aliphatic hydroxyl groups excluding tert-OH is 1. The molecule has 1 atom stereocenters. The Balaban J connectivity index is 2.04. The third-order valence-corrected chi connectivity index (χ3v) is 4.20. The first-order valence-electron chi connectivity index (χ1n) is 7.42. The molecule has 1 saturated heterocycles. The summed E-state index contributed by atoms with van der Waals surface area (Å²) in [4.78, 5) is 13.7. The molecule has 6 heteroatoms. The molecule has 2 rings (SSSR count). The normalized spacial score (nSPS) is 18.3. The number of hydrogen-bond donors (Lipinski definition) is 1. The van der Waals surface area contributed by atoms with Crippen molar-refractivity contribution in [2.75, 3.05) is 19.7 Å². The van der Waals surface area contributed by atoms with Crippen LogP contribution in [0.15, 0.2) is 30.3 Å². The van der Waals surface area contributed by atoms with Gasteiger partial charge in [0, 0.05) is 26.1 Å². The molecule has 0 spiro atoms. The molecule has 122 valence electrons. The van der Waals surface area contributed by atoms with Gasteiger partial charge in [-0.2, -0.15) is 13.2 Å². The second-order valence-electron chi connectivity index (χ2n) is 5.72. The van der Waals surface area contributed by atoms with Crippen molar-refractivity contribution in [2.24, 2.45) is 5.92 Å². The lowest BCUT2D eigenvalue weighted by atomic mass is 9.93. The third-order valence-electron chi connectivity index (χ3n) is 4.20. The van der Waals surface area contributed by atoms with Gasteiger partial charge in [-0.3, -0.25) is 4.79 Å². The maximum atomic E-state index is 13.2. The number of piperidine rings is 1. The molecule has 22 heavy (non-hydrogen) atoms. The highest BCUT2D eigenvalue weighted by molar-refractivity contribution is 5.77. The molecule has 0 radical (unpaired) electrons. The summed E-state index contributed by atoms with van der Waals surface area (Å²) in [6.45, 7) is 0.907. The predicted octanol–water partition coefficient (Wildman–Crippen LogP) is 2.95. The summed E-state index contributed by atoms with van der Waals surface area (Å²) in [5.74, 6) is -2.09. The number of hydrogen-bond acceptors (Lipinski definition) is 2. The van der Waals surface area contributed by atoms with Crippen LogP contribution < -0.4 is 0 Å². The van der Waals surface area contributed by atoms with Crippen molar-refractivity contribution in [1.29, 1.82) is 0 Å². The summed E-state index contributed by atoms with van der Waals surface area (Å²) in [7, 11) is 0. The Morgan fingerprint density at radius 2 is 1.82 bits per heavy atom. The van der Waals surface area contributed by atoms with Gasteiger partial charge in [-0.15, -0.1) is 0 Å². The summed E-state index contributed by atoms with van der Waals surface area (Å²) in [5.41, 5.74) is 0.119. The Kier molecular flexibility index (Phi) is 5.45. The molecular weight excluding hydrogens is 295 g/mol. The number of nitrogens with zero attached hydrogens (tertiary/aromatic N) is 1. The predicted molar refractivity (Wildman–Crippen MR) is 76.2 cm³/mol. The third kappa shape index (κ3) is 4.22. The van der Waals surface area contributed by atoms with Gasteiger partial charge >= 0.3 is 6.18 Å². The van der Waals surface area contributed by atoms with E-state index in [1.54, 1.807) is 18.2 Å². The van der Waals surface area contributed by atoms with Crippen LogP contribution in [0.1, 0.15) is 30.7 Å². The molecule has 1 unspecified atom stereocenters. The maximum absolute atomic E-state index is 13.2. The number of rotatable bonds is 4. The number of aliphatic hydroxyl groups is 1. The standard InChI is InChI=1S/C16H20F3NO2/c17-16(18,19)14(13-4-2-1-3-5-13)10-15(22)20-8-6-12(11-21)7-9-20/h1-5,12,14,21H,6-11H2. The van der Waals surface area contributed by atoms with Gasteiger partial charge in [-0.25, -0.2) is 0 Å². The van der Waals surface area contributed by atoms with E-state index in [1.165, 1.54) is 17.0 Å². The van der Waals surface area contributed by atoms with E-state index in [0.717, 1.165) is 0 Å². The summed E-state index contributed by atoms with van der Waals surface area (Å²) in [6, 6.07) is 7.56. The van der Waals surface area contributed by atoms with Crippen LogP contribution in [0.2, 0.25) is 0 Å². The van der Waals surface area contributed by atoms with Crippen LogP contribution in [0.3, 0.4) is 0 Å². The van der Waals surface area contributed by atoms with Crippen LogP contribution in [-0.2, 0) is 4.79 Å². The molecule has 1 heterocycles. The van der Waals surface area contributed by atoms with Crippen LogP contribution in [-0.4, -0.2) is 41.8 Å². The SMILES string of the molecule is O=C(CC(c1ccccc1)C(F)(F)F)N1CCC(CO)CC1. The molecule has 1 aromatic carbocycles. The van der Waals surface area contributed by atoms with E-state index in [0.29, 0.717) is 25.9 Å². The quantitative estimate of drug-likeness (QED) is 0.928. The fourth-order valence-electron chi connectivity index (χ4n) is 2.78. The molecule has 1 amide bonds. The minimum absolute atomic E-state index is 0.0667. The monoisotopic (exact) mass is 315 g/mol. The Morgan fingerprint density at radius 3 is 2.32 bits per heavy atom. The first-order chi connectivity index (χ1) is 10.4. The molecule has 3 nitrogen and oxygen atoms in total. The highest BCUT2D eigenvalue weighted by Gasteiger charge is 2.42. The fraction of sp³-hybridized carbons (Fsp3) is 0.562. The van der Waals surface area contributed by atoms with Crippen molar-refractivity contribution in [2.45, 2.75) is 31.4 Å². The van der Waals surface area contributed by atoms with Crippen LogP contribution in [0.25, 0.3) is 0 Å². The van der Waals surface area contributed by atoms with Gasteiger partial charge in [0.05, 0.1) is 5.92 Å². The molecule has 1 aliphatic heterocycles. The number of alkyl halides is 3. The Morgan fingerprint density at radius 1 is 1.23 bits per heavy atom. The van der Waals surface area contributed by atoms with Gasteiger partial charge in [-0.05, 0) is 24.3 Å². The van der Waals surface area contributed by atoms with Crippen molar-refractivity contribution in [3.8, 4) is 0 Å². The summed E-state index contributed by atoms with van der Waals surface area (Å²) in [5, 5.41) is 9.06. The van der Waals surface area contributed by atoms with Crippen LogP contribution in [0.4, 0.5) is 13.2 Å². The molecule has 0 aromatic heterocycles. The highest BCUT2D eigenvalue weighted by Crippen LogP contribution is 2.38. The van der Waals surface area contributed by atoms with E-state index in [4.69, 9.17) is 5.11 Å². The molecule has 0 bridgehead atoms. The van der Waals surface area contributed by atoms with Crippen molar-refractivity contribution in [3.63, 3.8) is 0 Å². The van der Waals surface area contributed by atoms with Gasteiger partial charge in [0.2, 0.25) is 5.91 Å². The average Bonchev–Trinajstić information content (AvgIpc) is 2.52. The average molecular weight is 315 g/mol. The van der Waals surface area contributed by atoms with Gasteiger partial charge in [0.1, 0.15) is 0 Å². The lowest BCUT2D eigenvalue weighted by molar-refractivity contribution is -0.161. The van der Waals surface area contributed by atoms with E-state index in [9.17, 15) is 18.0 Å². The van der Waals surface area contributed by atoms with E-state index in [-0.39, 0.29) is 18.1 Å². The molecule has 0 saturated carbocycles. The Bertz CT molecular complexity index is 482. The zero-order valence-electron chi connectivity index (χ0n) is 12.2. The van der Waals surface area contributed by atoms with Crippen molar-refractivity contribution in [3.05, 3.63) is 35.9 Å². The lowest BCUT2D eigenvalue weighted by Crippen LogP contribution is -2.40. The highest BCUT2D eigenvalue weighted by atomic mass is 19.4. The second-order valence-corrected chi connectivity index (χ2v) is 5.72. The number of carbonyl (C=O) groups is 1. The molecule has 0 aliphatic carbocycles. The van der Waals surface area contributed by atoms with E-state index in [1.807, 2.05) is 0 Å². The molecule has 1 aromatic rings. The molecular formula is C16H20F3NO2. The Labute approximate surface area is 127 Å². The first-order valence-corrected chi connectivity index (χ1v) is 7.42. The largest absolute Gasteiger partial charge is 0.396 e. The number of carbonyl (C=O) groups excluding carboxylic acids is 1. The molecule has 1 aliphatic rings. The fourth-order valence-corrected chi connectivity index (χ4v) is 2.78. The van der Waals surface area contributed by atoms with Gasteiger partial charge in [0.15, 0.2) is 0 Å². The molecule has 1 fully saturated rings. The van der Waals surface area contributed by atoms with Crippen molar-refractivity contribution < 1.29 is 23.1 Å². The lowest BCUT2D eigenvalue weighted by Gasteiger charge is -2.32. The first kappa shape index (κ1) is 16.8. The van der Waals surface area contributed by atoms with Crippen LogP contribution in [0.5, 0.6) is 0 Å². The van der Waals surface area contributed by atoms with Crippen LogP contribution in [0, 0.1) is 5.92 Å². The minimum atomic E-state index is -4.44. The van der Waals surface area contributed by atoms with Crippen molar-refractivity contribution >= 4 is 5.91 Å². The minimum Gasteiger partial charge on any atom is -0.396 e. The van der Waals surface area contributed by atoms with Crippen LogP contribution >= 0.6 is 0 Å². The molecule has 1 N–H and O–H groups in total. The zero-order valence-corrected chi connectivity index (χ0v) is 12.2. The number of amides is 1. The van der Waals surface area contributed by atoms with E-state index >= 15 is 0 Å². The van der Waals surface area contributed by atoms with E-state index < -0.39 is 24.4 Å². The van der Waals surface area contributed by atoms with Gasteiger partial charge in [-0.1, -0.05) is 30.3 Å². The number of halogens is 3. The van der Waals surface area contributed by atoms with E-state index in [2.05, 4.69) is 0 Å². The maximum Gasteiger partial charge on any atom is 0.396 e. The van der Waals surface area contributed by atoms with Gasteiger partial charge < -0.3 is 10.0 Å². The number of likely N-dealkylation sites (tertiary alicyclic amines) is 1. The summed E-state index contributed by atoms with van der Waals surface area (Å²) in [6.07, 6.45) is -3.72.